The number of carbonyl (C=O) groups excluding carboxylic acids is 3. The van der Waals surface area contributed by atoms with E-state index in [4.69, 9.17) is 14.2 Å². The molecule has 0 radical (unpaired) electrons. The minimum atomic E-state index is -0.876. The molecule has 0 unspecified atom stereocenters. The first-order chi connectivity index (χ1) is 23.2. The third kappa shape index (κ3) is 9.54. The van der Waals surface area contributed by atoms with Crippen LogP contribution in [0.25, 0.3) is 11.1 Å². The number of anilines is 1. The number of carbonyl (C=O) groups is 3. The van der Waals surface area contributed by atoms with Crippen LogP contribution in [0.1, 0.15) is 61.8 Å². The molecule has 2 amide bonds. The van der Waals surface area contributed by atoms with Crippen molar-refractivity contribution in [2.24, 2.45) is 0 Å². The number of thioether (sulfide) groups is 1. The van der Waals surface area contributed by atoms with Gasteiger partial charge in [-0.3, -0.25) is 14.4 Å². The number of esters is 1. The lowest BCUT2D eigenvalue weighted by Gasteiger charge is -2.36. The van der Waals surface area contributed by atoms with E-state index in [-0.39, 0.29) is 37.2 Å². The number of aliphatic hydroxyl groups is 1. The maximum Gasteiger partial charge on any atom is 0.303 e. The molecular formula is C38H40N2O7S. The van der Waals surface area contributed by atoms with E-state index in [2.05, 4.69) is 10.6 Å². The zero-order valence-corrected chi connectivity index (χ0v) is 28.0. The smallest absolute Gasteiger partial charge is 0.303 e. The van der Waals surface area contributed by atoms with Gasteiger partial charge in [0.05, 0.1) is 18.8 Å². The van der Waals surface area contributed by atoms with Gasteiger partial charge in [0.15, 0.2) is 12.4 Å². The molecule has 1 aliphatic rings. The van der Waals surface area contributed by atoms with Gasteiger partial charge in [-0.05, 0) is 59.0 Å². The number of rotatable bonds is 12. The number of benzene rings is 4. The summed E-state index contributed by atoms with van der Waals surface area (Å²) in [5, 5.41) is 15.2. The second-order valence-electron chi connectivity index (χ2n) is 11.6. The SMILES string of the molecule is CC(=O)Nc1ccc(SC[C@H]2C[C@@H](c3ccc(CO)cc3)O[C@@H](c3ccc(-c4ccccc4CNC(=O)[C@H](C)OC(C)=O)cc3)O2)cc1. The van der Waals surface area contributed by atoms with E-state index in [0.717, 1.165) is 44.0 Å². The number of hydrogen-bond donors (Lipinski definition) is 3. The van der Waals surface area contributed by atoms with Crippen LogP contribution in [0.2, 0.25) is 0 Å². The van der Waals surface area contributed by atoms with Crippen molar-refractivity contribution in [1.82, 2.24) is 5.32 Å². The summed E-state index contributed by atoms with van der Waals surface area (Å²) in [6, 6.07) is 31.4. The first-order valence-electron chi connectivity index (χ1n) is 15.8. The Morgan fingerprint density at radius 2 is 1.58 bits per heavy atom. The third-order valence-corrected chi connectivity index (χ3v) is 9.05. The molecule has 10 heteroatoms. The summed E-state index contributed by atoms with van der Waals surface area (Å²) in [5.41, 5.74) is 6.36. The van der Waals surface area contributed by atoms with Crippen LogP contribution in [0.5, 0.6) is 0 Å². The van der Waals surface area contributed by atoms with E-state index in [1.54, 1.807) is 18.7 Å². The van der Waals surface area contributed by atoms with Crippen LogP contribution in [0.3, 0.4) is 0 Å². The average molecular weight is 669 g/mol. The maximum atomic E-state index is 12.4. The summed E-state index contributed by atoms with van der Waals surface area (Å²) in [5.74, 6) is -0.270. The van der Waals surface area contributed by atoms with Crippen LogP contribution >= 0.6 is 11.8 Å². The number of ether oxygens (including phenoxy) is 3. The molecule has 0 aliphatic carbocycles. The Kier molecular flexibility index (Phi) is 12.0. The topological polar surface area (TPSA) is 123 Å². The minimum absolute atomic E-state index is 0.0210. The molecule has 0 spiro atoms. The zero-order valence-electron chi connectivity index (χ0n) is 27.2. The fourth-order valence-electron chi connectivity index (χ4n) is 5.45. The molecule has 5 rings (SSSR count). The van der Waals surface area contributed by atoms with E-state index in [0.29, 0.717) is 12.2 Å². The number of nitrogens with one attached hydrogen (secondary N) is 2. The molecule has 1 heterocycles. The van der Waals surface area contributed by atoms with Gasteiger partial charge in [-0.1, -0.05) is 72.8 Å². The highest BCUT2D eigenvalue weighted by Crippen LogP contribution is 2.40. The first-order valence-corrected chi connectivity index (χ1v) is 16.8. The van der Waals surface area contributed by atoms with Gasteiger partial charge in [0.2, 0.25) is 5.91 Å². The van der Waals surface area contributed by atoms with Crippen molar-refractivity contribution >= 4 is 35.2 Å². The van der Waals surface area contributed by atoms with Crippen LogP contribution in [0.4, 0.5) is 5.69 Å². The highest BCUT2D eigenvalue weighted by atomic mass is 32.2. The number of amides is 2. The monoisotopic (exact) mass is 668 g/mol. The van der Waals surface area contributed by atoms with E-state index in [1.165, 1.54) is 13.8 Å². The summed E-state index contributed by atoms with van der Waals surface area (Å²) >= 11 is 1.69. The Morgan fingerprint density at radius 3 is 2.25 bits per heavy atom. The summed E-state index contributed by atoms with van der Waals surface area (Å²) in [6.45, 7) is 4.57. The van der Waals surface area contributed by atoms with Crippen LogP contribution in [0.15, 0.2) is 102 Å². The molecule has 4 aromatic rings. The molecule has 4 atom stereocenters. The molecule has 0 bridgehead atoms. The second kappa shape index (κ2) is 16.6. The van der Waals surface area contributed by atoms with Gasteiger partial charge >= 0.3 is 5.97 Å². The van der Waals surface area contributed by atoms with Crippen molar-refractivity contribution in [3.05, 3.63) is 119 Å². The van der Waals surface area contributed by atoms with E-state index in [1.807, 2.05) is 97.1 Å². The van der Waals surface area contributed by atoms with Crippen LogP contribution < -0.4 is 10.6 Å². The Morgan fingerprint density at radius 1 is 0.896 bits per heavy atom. The normalized spacial score (nSPS) is 18.0. The van der Waals surface area contributed by atoms with Gasteiger partial charge in [-0.2, -0.15) is 0 Å². The molecule has 0 saturated carbocycles. The zero-order chi connectivity index (χ0) is 34.0. The summed E-state index contributed by atoms with van der Waals surface area (Å²) < 4.78 is 18.1. The van der Waals surface area contributed by atoms with Gasteiger partial charge in [0, 0.05) is 48.7 Å². The molecule has 4 aromatic carbocycles. The van der Waals surface area contributed by atoms with E-state index < -0.39 is 18.4 Å². The van der Waals surface area contributed by atoms with Gasteiger partial charge in [-0.15, -0.1) is 11.8 Å². The average Bonchev–Trinajstić information content (AvgIpc) is 3.10. The molecule has 1 aliphatic heterocycles. The molecule has 1 fully saturated rings. The lowest BCUT2D eigenvalue weighted by Crippen LogP contribution is -2.35. The molecule has 1 saturated heterocycles. The molecule has 0 aromatic heterocycles. The number of hydrogen-bond acceptors (Lipinski definition) is 8. The summed E-state index contributed by atoms with van der Waals surface area (Å²) in [4.78, 5) is 36.1. The third-order valence-electron chi connectivity index (χ3n) is 7.90. The van der Waals surface area contributed by atoms with E-state index >= 15 is 0 Å². The Labute approximate surface area is 285 Å². The van der Waals surface area contributed by atoms with Gasteiger partial charge in [0.1, 0.15) is 0 Å². The van der Waals surface area contributed by atoms with Crippen molar-refractivity contribution in [2.45, 2.75) is 69.8 Å². The fraction of sp³-hybridized carbons (Fsp3) is 0.289. The Balaban J connectivity index is 1.30. The molecule has 48 heavy (non-hydrogen) atoms. The predicted molar refractivity (Wildman–Crippen MR) is 185 cm³/mol. The highest BCUT2D eigenvalue weighted by molar-refractivity contribution is 7.99. The van der Waals surface area contributed by atoms with Gasteiger partial charge < -0.3 is 30.0 Å². The van der Waals surface area contributed by atoms with Crippen LogP contribution in [0, 0.1) is 0 Å². The molecule has 3 N–H and O–H groups in total. The molecule has 9 nitrogen and oxygen atoms in total. The predicted octanol–water partition coefficient (Wildman–Crippen LogP) is 6.71. The van der Waals surface area contributed by atoms with Crippen molar-refractivity contribution in [1.29, 1.82) is 0 Å². The maximum absolute atomic E-state index is 12.4. The lowest BCUT2D eigenvalue weighted by atomic mass is 9.97. The van der Waals surface area contributed by atoms with Gasteiger partial charge in [-0.25, -0.2) is 0 Å². The largest absolute Gasteiger partial charge is 0.453 e. The van der Waals surface area contributed by atoms with Crippen LogP contribution in [-0.4, -0.2) is 40.9 Å². The quantitative estimate of drug-likeness (QED) is 0.113. The van der Waals surface area contributed by atoms with Crippen molar-refractivity contribution in [3.8, 4) is 11.1 Å². The van der Waals surface area contributed by atoms with E-state index in [9.17, 15) is 19.5 Å². The minimum Gasteiger partial charge on any atom is -0.453 e. The van der Waals surface area contributed by atoms with Crippen molar-refractivity contribution in [3.63, 3.8) is 0 Å². The first kappa shape index (κ1) is 34.8. The molecule has 250 valence electrons. The van der Waals surface area contributed by atoms with Crippen LogP contribution in [-0.2, 0) is 41.7 Å². The van der Waals surface area contributed by atoms with Crippen molar-refractivity contribution < 1.29 is 33.7 Å². The summed E-state index contributed by atoms with van der Waals surface area (Å²) in [6.07, 6.45) is -1.12. The summed E-state index contributed by atoms with van der Waals surface area (Å²) in [7, 11) is 0. The Bertz CT molecular complexity index is 1690. The van der Waals surface area contributed by atoms with Gasteiger partial charge in [0.25, 0.3) is 5.91 Å². The highest BCUT2D eigenvalue weighted by Gasteiger charge is 2.32. The standard InChI is InChI=1S/C38H40N2O7S/c1-24(45-26(3)43)37(44)39-21-31-6-4-5-7-35(31)28-12-14-30(15-13-28)38-46-33(20-36(47-38)29-10-8-27(22-41)9-11-29)23-48-34-18-16-32(17-19-34)40-25(2)42/h4-19,24,33,36,38,41H,20-23H2,1-3H3,(H,39,44)(H,40,42)/t24-,33+,36-,38-/m0/s1. The molecular weight excluding hydrogens is 628 g/mol. The number of aliphatic hydroxyl groups excluding tert-OH is 1. The fourth-order valence-corrected chi connectivity index (χ4v) is 6.38. The Hall–Kier alpha value is -4.48. The van der Waals surface area contributed by atoms with Crippen molar-refractivity contribution in [2.75, 3.05) is 11.1 Å². The second-order valence-corrected chi connectivity index (χ2v) is 12.7. The lowest BCUT2D eigenvalue weighted by molar-refractivity contribution is -0.245.